The maximum absolute atomic E-state index is 6.07. The van der Waals surface area contributed by atoms with E-state index < -0.39 is 0 Å². The first-order valence-electron chi connectivity index (χ1n) is 9.79. The summed E-state index contributed by atoms with van der Waals surface area (Å²) >= 11 is 0. The second-order valence-electron chi connectivity index (χ2n) is 7.86. The van der Waals surface area contributed by atoms with Crippen molar-refractivity contribution in [3.63, 3.8) is 0 Å². The van der Waals surface area contributed by atoms with Gasteiger partial charge in [-0.2, -0.15) is 0 Å². The van der Waals surface area contributed by atoms with E-state index in [0.717, 1.165) is 63.0 Å². The van der Waals surface area contributed by atoms with Crippen LogP contribution in [0.15, 0.2) is 36.7 Å². The van der Waals surface area contributed by atoms with Crippen LogP contribution in [-0.4, -0.2) is 59.8 Å². The SMILES string of the molecule is CC1(C)Cc2cccc(OCCCN3CCN(c4ncccn4)CC3)c2O1. The topological polar surface area (TPSA) is 50.7 Å². The maximum Gasteiger partial charge on any atom is 0.225 e. The van der Waals surface area contributed by atoms with Crippen molar-refractivity contribution in [1.29, 1.82) is 0 Å². The molecule has 1 saturated heterocycles. The molecule has 1 aromatic carbocycles. The predicted octanol–water partition coefficient (Wildman–Crippen LogP) is 2.78. The van der Waals surface area contributed by atoms with Gasteiger partial charge in [0.2, 0.25) is 5.95 Å². The summed E-state index contributed by atoms with van der Waals surface area (Å²) in [6.07, 6.45) is 5.55. The van der Waals surface area contributed by atoms with Crippen molar-refractivity contribution in [1.82, 2.24) is 14.9 Å². The smallest absolute Gasteiger partial charge is 0.225 e. The van der Waals surface area contributed by atoms with E-state index in [-0.39, 0.29) is 5.60 Å². The minimum atomic E-state index is -0.135. The number of ether oxygens (including phenoxy) is 2. The van der Waals surface area contributed by atoms with Crippen molar-refractivity contribution in [3.8, 4) is 11.5 Å². The highest BCUT2D eigenvalue weighted by atomic mass is 16.5. The van der Waals surface area contributed by atoms with Crippen molar-refractivity contribution >= 4 is 5.95 Å². The second-order valence-corrected chi connectivity index (χ2v) is 7.86. The fraction of sp³-hybridized carbons (Fsp3) is 0.524. The van der Waals surface area contributed by atoms with Gasteiger partial charge in [-0.15, -0.1) is 0 Å². The molecule has 1 aromatic heterocycles. The van der Waals surface area contributed by atoms with E-state index in [0.29, 0.717) is 6.61 Å². The fourth-order valence-electron chi connectivity index (χ4n) is 3.80. The van der Waals surface area contributed by atoms with Crippen molar-refractivity contribution < 1.29 is 9.47 Å². The van der Waals surface area contributed by atoms with E-state index in [1.54, 1.807) is 12.4 Å². The molecule has 2 aliphatic heterocycles. The van der Waals surface area contributed by atoms with Crippen LogP contribution in [0.4, 0.5) is 5.95 Å². The lowest BCUT2D eigenvalue weighted by atomic mass is 10.0. The van der Waals surface area contributed by atoms with Gasteiger partial charge < -0.3 is 14.4 Å². The summed E-state index contributed by atoms with van der Waals surface area (Å²) in [4.78, 5) is 13.4. The molecule has 0 amide bonds. The molecule has 0 saturated carbocycles. The van der Waals surface area contributed by atoms with Gasteiger partial charge in [0.15, 0.2) is 11.5 Å². The molecule has 144 valence electrons. The van der Waals surface area contributed by atoms with Crippen LogP contribution >= 0.6 is 0 Å². The Morgan fingerprint density at radius 2 is 1.85 bits per heavy atom. The van der Waals surface area contributed by atoms with E-state index in [2.05, 4.69) is 45.7 Å². The van der Waals surface area contributed by atoms with E-state index in [1.165, 1.54) is 5.56 Å². The monoisotopic (exact) mass is 368 g/mol. The Bertz CT molecular complexity index is 758. The normalized spacial score (nSPS) is 18.8. The van der Waals surface area contributed by atoms with E-state index in [1.807, 2.05) is 12.1 Å². The molecule has 0 atom stereocenters. The standard InChI is InChI=1S/C21H28N4O2/c1-21(2)16-17-6-3-7-18(19(17)27-21)26-15-5-10-24-11-13-25(14-12-24)20-22-8-4-9-23-20/h3-4,6-9H,5,10-16H2,1-2H3. The summed E-state index contributed by atoms with van der Waals surface area (Å²) in [5.74, 6) is 2.64. The summed E-state index contributed by atoms with van der Waals surface area (Å²) in [6, 6.07) is 8.06. The summed E-state index contributed by atoms with van der Waals surface area (Å²) in [5, 5.41) is 0. The van der Waals surface area contributed by atoms with Crippen LogP contribution in [0.3, 0.4) is 0 Å². The molecule has 1 fully saturated rings. The fourth-order valence-corrected chi connectivity index (χ4v) is 3.80. The molecule has 6 nitrogen and oxygen atoms in total. The van der Waals surface area contributed by atoms with Gasteiger partial charge in [0, 0.05) is 57.1 Å². The third kappa shape index (κ3) is 4.33. The van der Waals surface area contributed by atoms with Crippen LogP contribution in [0.5, 0.6) is 11.5 Å². The molecule has 6 heteroatoms. The first-order chi connectivity index (χ1) is 13.1. The highest BCUT2D eigenvalue weighted by Gasteiger charge is 2.32. The Morgan fingerprint density at radius 3 is 2.63 bits per heavy atom. The van der Waals surface area contributed by atoms with Crippen LogP contribution in [-0.2, 0) is 6.42 Å². The molecule has 0 radical (unpaired) electrons. The Hall–Kier alpha value is -2.34. The van der Waals surface area contributed by atoms with Gasteiger partial charge >= 0.3 is 0 Å². The largest absolute Gasteiger partial charge is 0.490 e. The lowest BCUT2D eigenvalue weighted by Crippen LogP contribution is -2.47. The minimum absolute atomic E-state index is 0.135. The zero-order valence-corrected chi connectivity index (χ0v) is 16.2. The average molecular weight is 368 g/mol. The first-order valence-corrected chi connectivity index (χ1v) is 9.79. The van der Waals surface area contributed by atoms with Crippen LogP contribution < -0.4 is 14.4 Å². The van der Waals surface area contributed by atoms with Gasteiger partial charge in [0.1, 0.15) is 5.60 Å². The molecule has 2 aromatic rings. The lowest BCUT2D eigenvalue weighted by molar-refractivity contribution is 0.131. The molecule has 0 bridgehead atoms. The summed E-state index contributed by atoms with van der Waals surface area (Å²) in [5.41, 5.74) is 1.11. The van der Waals surface area contributed by atoms with E-state index in [9.17, 15) is 0 Å². The quantitative estimate of drug-likeness (QED) is 0.731. The van der Waals surface area contributed by atoms with Crippen LogP contribution in [0, 0.1) is 0 Å². The van der Waals surface area contributed by atoms with Gasteiger partial charge in [-0.05, 0) is 32.4 Å². The van der Waals surface area contributed by atoms with Crippen molar-refractivity contribution in [3.05, 3.63) is 42.2 Å². The Kier molecular flexibility index (Phi) is 5.16. The van der Waals surface area contributed by atoms with Gasteiger partial charge in [-0.25, -0.2) is 9.97 Å². The van der Waals surface area contributed by atoms with Crippen LogP contribution in [0.25, 0.3) is 0 Å². The highest BCUT2D eigenvalue weighted by Crippen LogP contribution is 2.41. The number of hydrogen-bond donors (Lipinski definition) is 0. The molecule has 0 aliphatic carbocycles. The maximum atomic E-state index is 6.07. The number of anilines is 1. The first kappa shape index (κ1) is 18.0. The zero-order chi connectivity index (χ0) is 18.7. The average Bonchev–Trinajstić information content (AvgIpc) is 3.01. The van der Waals surface area contributed by atoms with Crippen LogP contribution in [0.1, 0.15) is 25.8 Å². The molecule has 0 N–H and O–H groups in total. The molecule has 0 unspecified atom stereocenters. The van der Waals surface area contributed by atoms with Gasteiger partial charge in [0.05, 0.1) is 6.61 Å². The van der Waals surface area contributed by atoms with Gasteiger partial charge in [-0.3, -0.25) is 4.90 Å². The molecular weight excluding hydrogens is 340 g/mol. The molecule has 4 rings (SSSR count). The van der Waals surface area contributed by atoms with Crippen molar-refractivity contribution in [2.45, 2.75) is 32.3 Å². The van der Waals surface area contributed by atoms with Crippen molar-refractivity contribution in [2.75, 3.05) is 44.2 Å². The van der Waals surface area contributed by atoms with Crippen LogP contribution in [0.2, 0.25) is 0 Å². The third-order valence-corrected chi connectivity index (χ3v) is 5.14. The highest BCUT2D eigenvalue weighted by molar-refractivity contribution is 5.50. The summed E-state index contributed by atoms with van der Waals surface area (Å²) in [7, 11) is 0. The number of rotatable bonds is 6. The number of piperazine rings is 1. The number of hydrogen-bond acceptors (Lipinski definition) is 6. The Labute approximate surface area is 161 Å². The summed E-state index contributed by atoms with van der Waals surface area (Å²) in [6.45, 7) is 10.0. The van der Waals surface area contributed by atoms with Gasteiger partial charge in [-0.1, -0.05) is 12.1 Å². The zero-order valence-electron chi connectivity index (χ0n) is 16.2. The molecular formula is C21H28N4O2. The third-order valence-electron chi connectivity index (χ3n) is 5.14. The molecule has 27 heavy (non-hydrogen) atoms. The van der Waals surface area contributed by atoms with Gasteiger partial charge in [0.25, 0.3) is 0 Å². The number of nitrogens with zero attached hydrogens (tertiary/aromatic N) is 4. The Morgan fingerprint density at radius 1 is 1.07 bits per heavy atom. The van der Waals surface area contributed by atoms with E-state index >= 15 is 0 Å². The molecule has 2 aliphatic rings. The molecule has 3 heterocycles. The number of aromatic nitrogens is 2. The second kappa shape index (κ2) is 7.72. The predicted molar refractivity (Wildman–Crippen MR) is 106 cm³/mol. The number of benzene rings is 1. The minimum Gasteiger partial charge on any atom is -0.490 e. The molecule has 0 spiro atoms. The lowest BCUT2D eigenvalue weighted by Gasteiger charge is -2.34. The number of para-hydroxylation sites is 1. The number of fused-ring (bicyclic) bond motifs is 1. The summed E-state index contributed by atoms with van der Waals surface area (Å²) < 4.78 is 12.1. The Balaban J connectivity index is 1.21. The van der Waals surface area contributed by atoms with Crippen molar-refractivity contribution in [2.24, 2.45) is 0 Å². The van der Waals surface area contributed by atoms with E-state index in [4.69, 9.17) is 9.47 Å².